The molecule has 0 aromatic heterocycles. The van der Waals surface area contributed by atoms with Gasteiger partial charge in [-0.2, -0.15) is 0 Å². The third kappa shape index (κ3) is 5.50. The Bertz CT molecular complexity index is 1330. The quantitative estimate of drug-likeness (QED) is 0.0997. The number of ketones is 1. The predicted molar refractivity (Wildman–Crippen MR) is 167 cm³/mol. The molecule has 2 saturated carbocycles. The first-order chi connectivity index (χ1) is 20.7. The van der Waals surface area contributed by atoms with Crippen LogP contribution in [0.1, 0.15) is 73.6 Å². The van der Waals surface area contributed by atoms with Gasteiger partial charge in [-0.1, -0.05) is 95.2 Å². The van der Waals surface area contributed by atoms with Crippen molar-refractivity contribution in [1.29, 1.82) is 0 Å². The molecule has 4 rings (SSSR count). The summed E-state index contributed by atoms with van der Waals surface area (Å²) >= 11 is 0. The Morgan fingerprint density at radius 3 is 2.34 bits per heavy atom. The Balaban J connectivity index is 1.63. The number of esters is 2. The number of Topliss-reactive ketones (excluding diaryl/α,β-unsaturated/α-hetero) is 1. The van der Waals surface area contributed by atoms with E-state index in [0.29, 0.717) is 11.1 Å². The summed E-state index contributed by atoms with van der Waals surface area (Å²) in [5.41, 5.74) is -4.98. The van der Waals surface area contributed by atoms with E-state index in [-0.39, 0.29) is 6.42 Å². The molecule has 3 N–H and O–H groups in total. The van der Waals surface area contributed by atoms with Gasteiger partial charge in [-0.05, 0) is 30.9 Å². The summed E-state index contributed by atoms with van der Waals surface area (Å²) in [7, 11) is 0. The number of hydrogen-bond donors (Lipinski definition) is 3. The molecule has 44 heavy (non-hydrogen) atoms. The number of rotatable bonds is 11. The third-order valence-electron chi connectivity index (χ3n) is 10.4. The van der Waals surface area contributed by atoms with E-state index in [1.807, 2.05) is 32.1 Å². The highest BCUT2D eigenvalue weighted by atomic mass is 16.6. The van der Waals surface area contributed by atoms with E-state index < -0.39 is 76.3 Å². The van der Waals surface area contributed by atoms with E-state index in [9.17, 15) is 29.7 Å². The van der Waals surface area contributed by atoms with Gasteiger partial charge < -0.3 is 24.8 Å². The Morgan fingerprint density at radius 2 is 1.70 bits per heavy atom. The van der Waals surface area contributed by atoms with Crippen molar-refractivity contribution in [3.8, 4) is 0 Å². The van der Waals surface area contributed by atoms with Crippen LogP contribution < -0.4 is 0 Å². The van der Waals surface area contributed by atoms with Crippen LogP contribution in [-0.2, 0) is 23.9 Å². The number of ether oxygens (including phenoxy) is 2. The Kier molecular flexibility index (Phi) is 9.79. The van der Waals surface area contributed by atoms with Gasteiger partial charge in [0, 0.05) is 48.5 Å². The lowest BCUT2D eigenvalue weighted by Gasteiger charge is -2.53. The third-order valence-corrected chi connectivity index (χ3v) is 10.4. The molecule has 4 aliphatic rings. The molecule has 8 heteroatoms. The van der Waals surface area contributed by atoms with Gasteiger partial charge in [0.2, 0.25) is 0 Å². The highest BCUT2D eigenvalue weighted by Gasteiger charge is 2.87. The number of carbonyl (C=O) groups excluding carboxylic acids is 3. The molecule has 0 unspecified atom stereocenters. The second-order valence-electron chi connectivity index (χ2n) is 13.4. The number of allylic oxidation sites excluding steroid dienone is 7. The first-order valence-corrected chi connectivity index (χ1v) is 15.8. The molecular formula is C36H48O8. The monoisotopic (exact) mass is 608 g/mol. The molecule has 0 heterocycles. The second kappa shape index (κ2) is 12.7. The van der Waals surface area contributed by atoms with Gasteiger partial charge in [-0.15, -0.1) is 0 Å². The van der Waals surface area contributed by atoms with Crippen molar-refractivity contribution in [3.05, 3.63) is 71.9 Å². The zero-order valence-electron chi connectivity index (χ0n) is 26.8. The summed E-state index contributed by atoms with van der Waals surface area (Å²) in [4.78, 5) is 38.9. The molecule has 2 fully saturated rings. The normalized spacial score (nSPS) is 37.5. The van der Waals surface area contributed by atoms with Gasteiger partial charge >= 0.3 is 11.9 Å². The van der Waals surface area contributed by atoms with E-state index in [1.54, 1.807) is 44.2 Å². The van der Waals surface area contributed by atoms with E-state index in [2.05, 4.69) is 13.0 Å². The van der Waals surface area contributed by atoms with Crippen molar-refractivity contribution >= 4 is 17.7 Å². The van der Waals surface area contributed by atoms with E-state index >= 15 is 0 Å². The molecule has 240 valence electrons. The summed E-state index contributed by atoms with van der Waals surface area (Å²) in [6.45, 7) is 10.2. The lowest BCUT2D eigenvalue weighted by Crippen LogP contribution is -2.66. The van der Waals surface area contributed by atoms with Crippen LogP contribution in [-0.4, -0.2) is 62.6 Å². The van der Waals surface area contributed by atoms with Gasteiger partial charge in [0.25, 0.3) is 0 Å². The minimum Gasteiger partial charge on any atom is -0.455 e. The lowest BCUT2D eigenvalue weighted by molar-refractivity contribution is -0.226. The fourth-order valence-corrected chi connectivity index (χ4v) is 8.30. The predicted octanol–water partition coefficient (Wildman–Crippen LogP) is 4.86. The van der Waals surface area contributed by atoms with Crippen molar-refractivity contribution in [2.24, 2.45) is 29.1 Å². The summed E-state index contributed by atoms with van der Waals surface area (Å²) in [6.07, 6.45) is 21.0. The average Bonchev–Trinajstić information content (AvgIpc) is 3.38. The first kappa shape index (κ1) is 33.8. The standard InChI is InChI=1S/C36H48O8/c1-7-8-9-10-11-12-13-14-15-16-17-18-29(39)43-32-24(3)35(42)27(30-33(5,6)36(30,32)44-25(4)38)20-26(22-37)21-34(41)28(35)19-23(2)31(34)40/h11-20,24,27-28,30,32,37,41-42H,7-10,21-22H2,1-6H3/t24-,27+,28-,30+,32-,34-,35-,36-/m1/s1. The largest absolute Gasteiger partial charge is 0.455 e. The van der Waals surface area contributed by atoms with Gasteiger partial charge in [-0.25, -0.2) is 4.79 Å². The number of aliphatic hydroxyl groups excluding tert-OH is 1. The van der Waals surface area contributed by atoms with Crippen LogP contribution in [0.2, 0.25) is 0 Å². The van der Waals surface area contributed by atoms with Crippen molar-refractivity contribution in [2.75, 3.05) is 6.61 Å². The Morgan fingerprint density at radius 1 is 1.05 bits per heavy atom. The van der Waals surface area contributed by atoms with Gasteiger partial charge in [0.1, 0.15) is 11.7 Å². The number of fused-ring (bicyclic) bond motifs is 5. The SMILES string of the molecule is CCCCCC=CC=CC=CC=CC(=O)O[C@@H]1[C@@H](C)[C@@]2(O)[C@@H](C=C(CO)C[C@]3(O)C(=O)C(C)=C[C@@H]23)[C@H]2C(C)(C)[C@]12OC(C)=O. The zero-order chi connectivity index (χ0) is 32.5. The van der Waals surface area contributed by atoms with Gasteiger partial charge in [0.15, 0.2) is 11.4 Å². The maximum absolute atomic E-state index is 13.3. The smallest absolute Gasteiger partial charge is 0.331 e. The van der Waals surface area contributed by atoms with E-state index in [1.165, 1.54) is 32.3 Å². The summed E-state index contributed by atoms with van der Waals surface area (Å²) in [5.74, 6) is -4.84. The fraction of sp³-hybridized carbons (Fsp3) is 0.583. The topological polar surface area (TPSA) is 130 Å². The molecular weight excluding hydrogens is 560 g/mol. The minimum absolute atomic E-state index is 0.136. The van der Waals surface area contributed by atoms with Gasteiger partial charge in [0.05, 0.1) is 12.2 Å². The average molecular weight is 609 g/mol. The molecule has 0 aromatic carbocycles. The molecule has 8 nitrogen and oxygen atoms in total. The highest BCUT2D eigenvalue weighted by Crippen LogP contribution is 2.77. The highest BCUT2D eigenvalue weighted by molar-refractivity contribution is 6.04. The van der Waals surface area contributed by atoms with E-state index in [0.717, 1.165) is 6.42 Å². The van der Waals surface area contributed by atoms with Gasteiger partial charge in [-0.3, -0.25) is 9.59 Å². The molecule has 0 bridgehead atoms. The maximum Gasteiger partial charge on any atom is 0.331 e. The molecule has 0 radical (unpaired) electrons. The van der Waals surface area contributed by atoms with Crippen molar-refractivity contribution < 1.29 is 39.2 Å². The fourth-order valence-electron chi connectivity index (χ4n) is 8.30. The lowest BCUT2D eigenvalue weighted by atomic mass is 9.59. The van der Waals surface area contributed by atoms with Crippen LogP contribution >= 0.6 is 0 Å². The second-order valence-corrected chi connectivity index (χ2v) is 13.4. The number of hydrogen-bond acceptors (Lipinski definition) is 8. The molecule has 0 aromatic rings. The van der Waals surface area contributed by atoms with Crippen molar-refractivity contribution in [3.63, 3.8) is 0 Å². The Hall–Kier alpha value is -3.07. The summed E-state index contributed by atoms with van der Waals surface area (Å²) in [5, 5.41) is 34.7. The van der Waals surface area contributed by atoms with Crippen LogP contribution in [0.5, 0.6) is 0 Å². The minimum atomic E-state index is -1.96. The van der Waals surface area contributed by atoms with Crippen LogP contribution in [0.3, 0.4) is 0 Å². The number of unbranched alkanes of at least 4 members (excludes halogenated alkanes) is 3. The van der Waals surface area contributed by atoms with Crippen LogP contribution in [0.15, 0.2) is 71.9 Å². The molecule has 8 atom stereocenters. The zero-order valence-corrected chi connectivity index (χ0v) is 26.8. The molecule has 0 saturated heterocycles. The molecule has 0 aliphatic heterocycles. The maximum atomic E-state index is 13.3. The van der Waals surface area contributed by atoms with Crippen molar-refractivity contribution in [2.45, 2.75) is 96.6 Å². The van der Waals surface area contributed by atoms with E-state index in [4.69, 9.17) is 9.47 Å². The van der Waals surface area contributed by atoms with Crippen LogP contribution in [0, 0.1) is 29.1 Å². The number of aliphatic hydroxyl groups is 3. The first-order valence-electron chi connectivity index (χ1n) is 15.8. The molecule has 0 amide bonds. The van der Waals surface area contributed by atoms with Crippen molar-refractivity contribution in [1.82, 2.24) is 0 Å². The Labute approximate surface area is 260 Å². The van der Waals surface area contributed by atoms with Crippen LogP contribution in [0.25, 0.3) is 0 Å². The molecule has 4 aliphatic carbocycles. The summed E-state index contributed by atoms with van der Waals surface area (Å²) < 4.78 is 12.1. The van der Waals surface area contributed by atoms with Crippen LogP contribution in [0.4, 0.5) is 0 Å². The molecule has 0 spiro atoms. The summed E-state index contributed by atoms with van der Waals surface area (Å²) in [6, 6.07) is 0. The number of carbonyl (C=O) groups is 3.